The van der Waals surface area contributed by atoms with Crippen LogP contribution in [0, 0.1) is 6.92 Å². The van der Waals surface area contributed by atoms with Gasteiger partial charge in [0.15, 0.2) is 0 Å². The summed E-state index contributed by atoms with van der Waals surface area (Å²) in [7, 11) is 0. The maximum atomic E-state index is 12.3. The summed E-state index contributed by atoms with van der Waals surface area (Å²) >= 11 is 4.87. The average molecular weight is 432 g/mol. The predicted octanol–water partition coefficient (Wildman–Crippen LogP) is 4.34. The molecule has 0 saturated heterocycles. The molecule has 2 aromatic heterocycles. The minimum Gasteiger partial charge on any atom is -0.506 e. The normalized spacial score (nSPS) is 10.7. The molecule has 0 spiro atoms. The third kappa shape index (κ3) is 4.47. The van der Waals surface area contributed by atoms with Gasteiger partial charge in [-0.3, -0.25) is 9.78 Å². The topological polar surface area (TPSA) is 75.1 Å². The van der Waals surface area contributed by atoms with Gasteiger partial charge in [-0.1, -0.05) is 0 Å². The summed E-state index contributed by atoms with van der Waals surface area (Å²) in [6, 6.07) is 7.32. The smallest absolute Gasteiger partial charge is 0.255 e. The van der Waals surface area contributed by atoms with Gasteiger partial charge in [0.2, 0.25) is 0 Å². The number of phenolic OH excluding ortho intramolecular Hbond substituents is 1. The third-order valence-corrected chi connectivity index (χ3v) is 5.35. The third-order valence-electron chi connectivity index (χ3n) is 3.83. The molecule has 1 aromatic carbocycles. The molecule has 3 aromatic rings. The molecular formula is C19H18BrN3O2S. The van der Waals surface area contributed by atoms with Crippen LogP contribution in [0.1, 0.15) is 27.3 Å². The Labute approximate surface area is 164 Å². The van der Waals surface area contributed by atoms with E-state index in [-0.39, 0.29) is 17.2 Å². The number of rotatable bonds is 6. The fourth-order valence-corrected chi connectivity index (χ4v) is 3.95. The summed E-state index contributed by atoms with van der Waals surface area (Å²) in [6.07, 6.45) is 5.08. The highest BCUT2D eigenvalue weighted by molar-refractivity contribution is 9.10. The van der Waals surface area contributed by atoms with Crippen molar-refractivity contribution in [3.05, 3.63) is 62.6 Å². The highest BCUT2D eigenvalue weighted by Gasteiger charge is 2.14. The van der Waals surface area contributed by atoms with Crippen LogP contribution in [0.3, 0.4) is 0 Å². The van der Waals surface area contributed by atoms with Gasteiger partial charge in [0.25, 0.3) is 5.91 Å². The van der Waals surface area contributed by atoms with Crippen LogP contribution in [0.15, 0.2) is 46.5 Å². The second-order valence-electron chi connectivity index (χ2n) is 5.86. The number of aromatic nitrogens is 2. The minimum atomic E-state index is -0.275. The molecule has 0 aliphatic rings. The number of hydrogen-bond donors (Lipinski definition) is 2. The summed E-state index contributed by atoms with van der Waals surface area (Å²) in [4.78, 5) is 20.9. The van der Waals surface area contributed by atoms with Crippen molar-refractivity contribution >= 4 is 33.2 Å². The molecule has 0 aliphatic carbocycles. The summed E-state index contributed by atoms with van der Waals surface area (Å²) in [5.74, 6) is -0.307. The lowest BCUT2D eigenvalue weighted by molar-refractivity contribution is 0.0950. The molecule has 0 radical (unpaired) electrons. The first kappa shape index (κ1) is 18.5. The Kier molecular flexibility index (Phi) is 6.00. The molecule has 0 aliphatic heterocycles. The second-order valence-corrected chi connectivity index (χ2v) is 7.66. The number of benzene rings is 1. The number of phenols is 1. The van der Waals surface area contributed by atoms with E-state index in [1.165, 1.54) is 0 Å². The number of aryl methyl sites for hydroxylation is 2. The van der Waals surface area contributed by atoms with Crippen LogP contribution in [-0.4, -0.2) is 27.5 Å². The summed E-state index contributed by atoms with van der Waals surface area (Å²) < 4.78 is 0.522. The van der Waals surface area contributed by atoms with Gasteiger partial charge in [-0.15, -0.1) is 11.3 Å². The van der Waals surface area contributed by atoms with Crippen molar-refractivity contribution in [2.24, 2.45) is 0 Å². The predicted molar refractivity (Wildman–Crippen MR) is 107 cm³/mol. The summed E-state index contributed by atoms with van der Waals surface area (Å²) in [5.41, 5.74) is 3.19. The largest absolute Gasteiger partial charge is 0.506 e. The number of nitrogens with one attached hydrogen (secondary N) is 1. The number of thiazole rings is 1. The Morgan fingerprint density at radius 3 is 2.85 bits per heavy atom. The van der Waals surface area contributed by atoms with Gasteiger partial charge in [0.1, 0.15) is 5.75 Å². The maximum absolute atomic E-state index is 12.3. The first-order valence-corrected chi connectivity index (χ1v) is 9.84. The Balaban J connectivity index is 1.52. The van der Waals surface area contributed by atoms with Crippen LogP contribution < -0.4 is 5.32 Å². The van der Waals surface area contributed by atoms with E-state index >= 15 is 0 Å². The van der Waals surface area contributed by atoms with Crippen LogP contribution in [0.4, 0.5) is 0 Å². The molecule has 0 bridgehead atoms. The van der Waals surface area contributed by atoms with Gasteiger partial charge in [0.05, 0.1) is 20.7 Å². The van der Waals surface area contributed by atoms with Crippen molar-refractivity contribution in [1.29, 1.82) is 0 Å². The van der Waals surface area contributed by atoms with E-state index in [2.05, 4.69) is 31.2 Å². The van der Waals surface area contributed by atoms with E-state index in [0.29, 0.717) is 11.0 Å². The lowest BCUT2D eigenvalue weighted by atomic mass is 10.1. The maximum Gasteiger partial charge on any atom is 0.255 e. The van der Waals surface area contributed by atoms with Gasteiger partial charge >= 0.3 is 0 Å². The van der Waals surface area contributed by atoms with Crippen molar-refractivity contribution in [1.82, 2.24) is 15.3 Å². The van der Waals surface area contributed by atoms with Crippen LogP contribution in [-0.2, 0) is 6.42 Å². The standard InChI is InChI=1S/C19H18BrN3O2S/c1-12-9-14(18(24)15(20)10-12)19(25)22-6-2-3-17-23-16(11-26-17)13-4-7-21-8-5-13/h4-5,7-11,24H,2-3,6H2,1H3,(H,22,25). The Bertz CT molecular complexity index is 912. The zero-order chi connectivity index (χ0) is 18.5. The summed E-state index contributed by atoms with van der Waals surface area (Å²) in [5, 5.41) is 15.9. The molecule has 0 saturated carbocycles. The first-order chi connectivity index (χ1) is 12.5. The zero-order valence-electron chi connectivity index (χ0n) is 14.2. The molecule has 0 atom stereocenters. The lowest BCUT2D eigenvalue weighted by Gasteiger charge is -2.09. The van der Waals surface area contributed by atoms with Gasteiger partial charge in [0, 0.05) is 36.3 Å². The summed E-state index contributed by atoms with van der Waals surface area (Å²) in [6.45, 7) is 2.40. The highest BCUT2D eigenvalue weighted by atomic mass is 79.9. The Morgan fingerprint density at radius 1 is 1.31 bits per heavy atom. The number of carbonyl (C=O) groups is 1. The van der Waals surface area contributed by atoms with Crippen LogP contribution in [0.5, 0.6) is 5.75 Å². The van der Waals surface area contributed by atoms with Crippen molar-refractivity contribution in [2.45, 2.75) is 19.8 Å². The number of pyridine rings is 1. The molecule has 0 fully saturated rings. The second kappa shape index (κ2) is 8.42. The van der Waals surface area contributed by atoms with Gasteiger partial charge in [-0.05, 0) is 59.1 Å². The SMILES string of the molecule is Cc1cc(Br)c(O)c(C(=O)NCCCc2nc(-c3ccncc3)cs2)c1. The fraction of sp³-hybridized carbons (Fsp3) is 0.211. The lowest BCUT2D eigenvalue weighted by Crippen LogP contribution is -2.25. The molecule has 3 rings (SSSR count). The van der Waals surface area contributed by atoms with Crippen LogP contribution in [0.2, 0.25) is 0 Å². The number of hydrogen-bond acceptors (Lipinski definition) is 5. The van der Waals surface area contributed by atoms with E-state index in [9.17, 15) is 9.90 Å². The van der Waals surface area contributed by atoms with Crippen LogP contribution in [0.25, 0.3) is 11.3 Å². The van der Waals surface area contributed by atoms with E-state index in [4.69, 9.17) is 0 Å². The molecule has 1 amide bonds. The van der Waals surface area contributed by atoms with Crippen molar-refractivity contribution in [3.63, 3.8) is 0 Å². The van der Waals surface area contributed by atoms with E-state index in [1.54, 1.807) is 35.9 Å². The van der Waals surface area contributed by atoms with Crippen molar-refractivity contribution in [3.8, 4) is 17.0 Å². The van der Waals surface area contributed by atoms with Crippen molar-refractivity contribution < 1.29 is 9.90 Å². The zero-order valence-corrected chi connectivity index (χ0v) is 16.6. The number of halogens is 1. The molecule has 7 heteroatoms. The Hall–Kier alpha value is -2.25. The van der Waals surface area contributed by atoms with E-state index < -0.39 is 0 Å². The molecule has 26 heavy (non-hydrogen) atoms. The minimum absolute atomic E-state index is 0.0324. The van der Waals surface area contributed by atoms with Crippen LogP contribution >= 0.6 is 27.3 Å². The van der Waals surface area contributed by atoms with Crippen molar-refractivity contribution in [2.75, 3.05) is 6.54 Å². The fourth-order valence-electron chi connectivity index (χ4n) is 2.53. The number of amides is 1. The van der Waals surface area contributed by atoms with E-state index in [0.717, 1.165) is 34.7 Å². The van der Waals surface area contributed by atoms with Gasteiger partial charge < -0.3 is 10.4 Å². The highest BCUT2D eigenvalue weighted by Crippen LogP contribution is 2.29. The molecule has 134 valence electrons. The number of aromatic hydroxyl groups is 1. The Morgan fingerprint density at radius 2 is 2.08 bits per heavy atom. The van der Waals surface area contributed by atoms with Gasteiger partial charge in [-0.2, -0.15) is 0 Å². The molecule has 2 N–H and O–H groups in total. The number of nitrogens with zero attached hydrogens (tertiary/aromatic N) is 2. The molecule has 5 nitrogen and oxygen atoms in total. The molecular weight excluding hydrogens is 414 g/mol. The quantitative estimate of drug-likeness (QED) is 0.569. The molecule has 0 unspecified atom stereocenters. The van der Waals surface area contributed by atoms with E-state index in [1.807, 2.05) is 24.4 Å². The average Bonchev–Trinajstić information content (AvgIpc) is 3.11. The number of carbonyl (C=O) groups excluding carboxylic acids is 1. The van der Waals surface area contributed by atoms with Gasteiger partial charge in [-0.25, -0.2) is 4.98 Å². The molecule has 2 heterocycles. The monoisotopic (exact) mass is 431 g/mol. The first-order valence-electron chi connectivity index (χ1n) is 8.16.